The van der Waals surface area contributed by atoms with Crippen LogP contribution in [0, 0.1) is 0 Å². The Morgan fingerprint density at radius 2 is 1.53 bits per heavy atom. The zero-order valence-corrected chi connectivity index (χ0v) is 9.12. The van der Waals surface area contributed by atoms with Gasteiger partial charge in [0, 0.05) is 0 Å². The van der Waals surface area contributed by atoms with E-state index in [1.54, 1.807) is 0 Å². The van der Waals surface area contributed by atoms with Crippen molar-refractivity contribution in [2.45, 2.75) is 18.3 Å². The SMILES string of the molecule is O=C[C@H](O)[C@H](O)[C@H](O)CO.OP(O)(O)=S. The van der Waals surface area contributed by atoms with Gasteiger partial charge in [-0.25, -0.2) is 0 Å². The quantitative estimate of drug-likeness (QED) is 0.201. The number of aliphatic hydroxyl groups is 4. The standard InChI is InChI=1S/C5H10O5.H3O3PS/c6-1-3(8)5(10)4(9)2-7;1-4(2,3)5/h1,3-5,7-10H,2H2;(H3,1,2,3,5)/t3-,4+,5-;/m0./s1. The lowest BCUT2D eigenvalue weighted by molar-refractivity contribution is -0.127. The van der Waals surface area contributed by atoms with Gasteiger partial charge in [0.2, 0.25) is 0 Å². The Balaban J connectivity index is 0. The van der Waals surface area contributed by atoms with E-state index >= 15 is 0 Å². The van der Waals surface area contributed by atoms with Crippen LogP contribution in [0.4, 0.5) is 0 Å². The fraction of sp³-hybridized carbons (Fsp3) is 0.800. The van der Waals surface area contributed by atoms with Crippen LogP contribution in [0.5, 0.6) is 0 Å². The maximum Gasteiger partial charge on any atom is 0.319 e. The van der Waals surface area contributed by atoms with Crippen LogP contribution in [0.1, 0.15) is 0 Å². The van der Waals surface area contributed by atoms with Crippen molar-refractivity contribution < 1.29 is 39.9 Å². The summed E-state index contributed by atoms with van der Waals surface area (Å²) in [7, 11) is 0. The molecule has 0 saturated heterocycles. The zero-order chi connectivity index (χ0) is 12.6. The van der Waals surface area contributed by atoms with Crippen LogP contribution in [-0.4, -0.2) is 66.3 Å². The van der Waals surface area contributed by atoms with Gasteiger partial charge in [-0.05, 0) is 11.8 Å². The first-order valence-corrected chi connectivity index (χ1v) is 6.18. The lowest BCUT2D eigenvalue weighted by Gasteiger charge is -2.16. The Morgan fingerprint density at radius 1 is 1.20 bits per heavy atom. The first-order valence-electron chi connectivity index (χ1n) is 3.52. The van der Waals surface area contributed by atoms with Gasteiger partial charge in [0.1, 0.15) is 18.3 Å². The Morgan fingerprint density at radius 3 is 1.73 bits per heavy atom. The van der Waals surface area contributed by atoms with Gasteiger partial charge in [-0.1, -0.05) is 0 Å². The number of carbonyl (C=O) groups is 1. The minimum atomic E-state index is -3.81. The largest absolute Gasteiger partial charge is 0.394 e. The van der Waals surface area contributed by atoms with Gasteiger partial charge in [0.15, 0.2) is 6.29 Å². The molecule has 0 aliphatic heterocycles. The highest BCUT2D eigenvalue weighted by atomic mass is 32.5. The molecule has 10 heteroatoms. The predicted molar refractivity (Wildman–Crippen MR) is 52.1 cm³/mol. The second-order valence-corrected chi connectivity index (χ2v) is 4.88. The molecule has 0 unspecified atom stereocenters. The monoisotopic (exact) mass is 264 g/mol. The third kappa shape index (κ3) is 14.0. The van der Waals surface area contributed by atoms with E-state index in [1.807, 2.05) is 0 Å². The summed E-state index contributed by atoms with van der Waals surface area (Å²) in [5.74, 6) is 0. The van der Waals surface area contributed by atoms with E-state index < -0.39 is 31.6 Å². The molecule has 0 amide bonds. The minimum Gasteiger partial charge on any atom is -0.394 e. The van der Waals surface area contributed by atoms with Crippen LogP contribution < -0.4 is 0 Å². The normalized spacial score (nSPS) is 17.0. The lowest BCUT2D eigenvalue weighted by Crippen LogP contribution is -2.40. The van der Waals surface area contributed by atoms with Crippen LogP contribution in [0.3, 0.4) is 0 Å². The third-order valence-electron chi connectivity index (χ3n) is 1.07. The van der Waals surface area contributed by atoms with Crippen LogP contribution >= 0.6 is 6.72 Å². The molecule has 8 nitrogen and oxygen atoms in total. The molecule has 0 aromatic carbocycles. The summed E-state index contributed by atoms with van der Waals surface area (Å²) in [6.45, 7) is -4.49. The second-order valence-electron chi connectivity index (χ2n) is 2.38. The van der Waals surface area contributed by atoms with Gasteiger partial charge >= 0.3 is 6.72 Å². The highest BCUT2D eigenvalue weighted by Crippen LogP contribution is 2.26. The molecule has 0 rings (SSSR count). The van der Waals surface area contributed by atoms with E-state index in [0.29, 0.717) is 0 Å². The van der Waals surface area contributed by atoms with Gasteiger partial charge in [-0.15, -0.1) is 0 Å². The molecular formula is C5H13O8PS. The van der Waals surface area contributed by atoms with Gasteiger partial charge < -0.3 is 39.9 Å². The highest BCUT2D eigenvalue weighted by Gasteiger charge is 2.22. The van der Waals surface area contributed by atoms with Crippen LogP contribution in [0.2, 0.25) is 0 Å². The van der Waals surface area contributed by atoms with Crippen molar-refractivity contribution in [3.05, 3.63) is 0 Å². The molecule has 0 aromatic heterocycles. The lowest BCUT2D eigenvalue weighted by atomic mass is 10.1. The molecule has 0 fully saturated rings. The average molecular weight is 264 g/mol. The summed E-state index contributed by atoms with van der Waals surface area (Å²) >= 11 is 3.60. The van der Waals surface area contributed by atoms with Crippen molar-refractivity contribution in [1.29, 1.82) is 0 Å². The molecule has 7 N–H and O–H groups in total. The Kier molecular flexibility index (Phi) is 9.56. The van der Waals surface area contributed by atoms with E-state index in [2.05, 4.69) is 11.8 Å². The molecular weight excluding hydrogens is 251 g/mol. The number of hydrogen-bond donors (Lipinski definition) is 7. The van der Waals surface area contributed by atoms with Crippen LogP contribution in [-0.2, 0) is 16.6 Å². The molecule has 15 heavy (non-hydrogen) atoms. The zero-order valence-electron chi connectivity index (χ0n) is 7.41. The molecule has 0 heterocycles. The first-order chi connectivity index (χ1) is 6.63. The number of aldehydes is 1. The van der Waals surface area contributed by atoms with E-state index in [0.717, 1.165) is 0 Å². The van der Waals surface area contributed by atoms with Crippen molar-refractivity contribution in [2.75, 3.05) is 6.61 Å². The first kappa shape index (κ1) is 17.4. The summed E-state index contributed by atoms with van der Waals surface area (Å²) in [4.78, 5) is 32.4. The minimum absolute atomic E-state index is 0.0869. The fourth-order valence-electron chi connectivity index (χ4n) is 0.416. The molecule has 0 aromatic rings. The summed E-state index contributed by atoms with van der Waals surface area (Å²) in [6, 6.07) is 0. The predicted octanol–water partition coefficient (Wildman–Crippen LogP) is -3.55. The summed E-state index contributed by atoms with van der Waals surface area (Å²) in [6.07, 6.45) is -4.63. The van der Waals surface area contributed by atoms with Crippen LogP contribution in [0.15, 0.2) is 0 Å². The Labute approximate surface area is 90.3 Å². The average Bonchev–Trinajstić information content (AvgIpc) is 2.11. The molecule has 0 bridgehead atoms. The van der Waals surface area contributed by atoms with Gasteiger partial charge in [-0.2, -0.15) is 0 Å². The number of aliphatic hydroxyl groups excluding tert-OH is 4. The van der Waals surface area contributed by atoms with Crippen molar-refractivity contribution in [1.82, 2.24) is 0 Å². The molecule has 0 spiro atoms. The van der Waals surface area contributed by atoms with E-state index in [-0.39, 0.29) is 6.29 Å². The van der Waals surface area contributed by atoms with Crippen molar-refractivity contribution >= 4 is 24.8 Å². The molecule has 3 atom stereocenters. The van der Waals surface area contributed by atoms with Gasteiger partial charge in [0.25, 0.3) is 0 Å². The second kappa shape index (κ2) is 8.22. The molecule has 0 aliphatic rings. The van der Waals surface area contributed by atoms with Gasteiger partial charge in [0.05, 0.1) is 6.61 Å². The van der Waals surface area contributed by atoms with Crippen molar-refractivity contribution in [3.8, 4) is 0 Å². The number of rotatable bonds is 4. The third-order valence-corrected chi connectivity index (χ3v) is 1.07. The summed E-state index contributed by atoms with van der Waals surface area (Å²) < 4.78 is 0. The smallest absolute Gasteiger partial charge is 0.319 e. The van der Waals surface area contributed by atoms with Crippen LogP contribution in [0.25, 0.3) is 0 Å². The topological polar surface area (TPSA) is 159 Å². The van der Waals surface area contributed by atoms with E-state index in [4.69, 9.17) is 35.1 Å². The number of hydrogen-bond acceptors (Lipinski definition) is 6. The van der Waals surface area contributed by atoms with Crippen molar-refractivity contribution in [2.24, 2.45) is 0 Å². The summed E-state index contributed by atoms with van der Waals surface area (Å²) in [5, 5.41) is 34.1. The summed E-state index contributed by atoms with van der Waals surface area (Å²) in [5.41, 5.74) is 0. The fourth-order valence-corrected chi connectivity index (χ4v) is 0.416. The van der Waals surface area contributed by atoms with E-state index in [9.17, 15) is 4.79 Å². The van der Waals surface area contributed by atoms with Crippen molar-refractivity contribution in [3.63, 3.8) is 0 Å². The molecule has 92 valence electrons. The number of carbonyl (C=O) groups excluding carboxylic acids is 1. The maximum absolute atomic E-state index is 9.76. The Hall–Kier alpha value is 0.0400. The highest BCUT2D eigenvalue weighted by molar-refractivity contribution is 8.06. The molecule has 0 aliphatic carbocycles. The Bertz CT molecular complexity index is 209. The maximum atomic E-state index is 9.76. The molecule has 0 saturated carbocycles. The van der Waals surface area contributed by atoms with Gasteiger partial charge in [-0.3, -0.25) is 0 Å². The molecule has 0 radical (unpaired) electrons. The van der Waals surface area contributed by atoms with E-state index in [1.165, 1.54) is 0 Å².